The van der Waals surface area contributed by atoms with Crippen molar-refractivity contribution in [2.75, 3.05) is 0 Å². The Balaban J connectivity index is 2.57. The summed E-state index contributed by atoms with van der Waals surface area (Å²) in [6, 6.07) is 7.66. The molecule has 0 amide bonds. The van der Waals surface area contributed by atoms with Gasteiger partial charge in [0.1, 0.15) is 0 Å². The van der Waals surface area contributed by atoms with Crippen LogP contribution in [0.3, 0.4) is 0 Å². The van der Waals surface area contributed by atoms with E-state index >= 15 is 0 Å². The Morgan fingerprint density at radius 1 is 1.30 bits per heavy atom. The summed E-state index contributed by atoms with van der Waals surface area (Å²) in [7, 11) is 0. The van der Waals surface area contributed by atoms with Gasteiger partial charge in [0.25, 0.3) is 0 Å². The molecule has 0 aliphatic carbocycles. The highest BCUT2D eigenvalue weighted by molar-refractivity contribution is 14.1. The molecule has 7 heteroatoms. The normalized spacial score (nSPS) is 11.6. The molecule has 2 rings (SSSR count). The van der Waals surface area contributed by atoms with Crippen molar-refractivity contribution in [2.24, 2.45) is 0 Å². The summed E-state index contributed by atoms with van der Waals surface area (Å²) in [5.74, 6) is -0.436. The second kappa shape index (κ2) is 5.86. The molecule has 1 heterocycles. The van der Waals surface area contributed by atoms with Crippen molar-refractivity contribution in [2.45, 2.75) is 32.2 Å². The smallest absolute Gasteiger partial charge is 0.331 e. The van der Waals surface area contributed by atoms with E-state index in [4.69, 9.17) is 0 Å². The molecule has 0 unspecified atom stereocenters. The average molecular weight is 386 g/mol. The van der Waals surface area contributed by atoms with Crippen LogP contribution in [-0.2, 0) is 10.3 Å². The minimum Gasteiger partial charge on any atom is -0.479 e. The maximum absolute atomic E-state index is 11.7. The van der Waals surface area contributed by atoms with Crippen molar-refractivity contribution in [1.82, 2.24) is 20.2 Å². The number of benzene rings is 1. The fourth-order valence-corrected chi connectivity index (χ4v) is 2.56. The molecule has 6 nitrogen and oxygen atoms in total. The van der Waals surface area contributed by atoms with Crippen molar-refractivity contribution < 1.29 is 9.90 Å². The maximum Gasteiger partial charge on any atom is 0.331 e. The fourth-order valence-electron chi connectivity index (χ4n) is 2.20. The van der Waals surface area contributed by atoms with Gasteiger partial charge in [-0.3, -0.25) is 0 Å². The van der Waals surface area contributed by atoms with Crippen LogP contribution < -0.4 is 0 Å². The second-order valence-corrected chi connectivity index (χ2v) is 5.71. The third kappa shape index (κ3) is 2.41. The molecule has 0 saturated heterocycles. The number of carboxylic acid groups (broad SMARTS) is 1. The third-order valence-electron chi connectivity index (χ3n) is 3.55. The van der Waals surface area contributed by atoms with E-state index in [2.05, 4.69) is 38.1 Å². The first-order chi connectivity index (χ1) is 9.55. The Morgan fingerprint density at radius 2 is 1.90 bits per heavy atom. The van der Waals surface area contributed by atoms with Gasteiger partial charge in [0, 0.05) is 9.13 Å². The summed E-state index contributed by atoms with van der Waals surface area (Å²) in [5, 5.41) is 21.2. The number of rotatable bonds is 5. The summed E-state index contributed by atoms with van der Waals surface area (Å²) in [6.45, 7) is 3.66. The van der Waals surface area contributed by atoms with Crippen LogP contribution >= 0.6 is 22.6 Å². The highest BCUT2D eigenvalue weighted by Gasteiger charge is 2.40. The van der Waals surface area contributed by atoms with Crippen LogP contribution in [0.2, 0.25) is 0 Å². The first-order valence-corrected chi connectivity index (χ1v) is 7.41. The summed E-state index contributed by atoms with van der Waals surface area (Å²) in [6.07, 6.45) is 0.836. The molecule has 0 aliphatic rings. The Kier molecular flexibility index (Phi) is 4.36. The average Bonchev–Trinajstić information content (AvgIpc) is 2.91. The molecule has 20 heavy (non-hydrogen) atoms. The zero-order valence-corrected chi connectivity index (χ0v) is 13.4. The molecule has 2 aromatic rings. The minimum absolute atomic E-state index is 0.418. The Bertz CT molecular complexity index is 605. The van der Waals surface area contributed by atoms with E-state index in [0.717, 1.165) is 9.13 Å². The van der Waals surface area contributed by atoms with Gasteiger partial charge in [-0.15, -0.1) is 5.10 Å². The summed E-state index contributed by atoms with van der Waals surface area (Å²) in [4.78, 5) is 11.7. The number of halogens is 1. The van der Waals surface area contributed by atoms with E-state index in [1.807, 2.05) is 38.1 Å². The van der Waals surface area contributed by atoms with Gasteiger partial charge in [0.15, 0.2) is 11.4 Å². The van der Waals surface area contributed by atoms with E-state index in [1.54, 1.807) is 0 Å². The number of nitrogens with zero attached hydrogens (tertiary/aromatic N) is 4. The molecule has 0 atom stereocenters. The number of carbonyl (C=O) groups is 1. The van der Waals surface area contributed by atoms with Crippen molar-refractivity contribution in [3.05, 3.63) is 27.8 Å². The number of hydrogen-bond donors (Lipinski definition) is 1. The lowest BCUT2D eigenvalue weighted by Gasteiger charge is -2.27. The minimum atomic E-state index is -1.11. The van der Waals surface area contributed by atoms with Crippen molar-refractivity contribution in [3.63, 3.8) is 0 Å². The maximum atomic E-state index is 11.7. The van der Waals surface area contributed by atoms with Gasteiger partial charge in [-0.05, 0) is 58.0 Å². The number of tetrazole rings is 1. The quantitative estimate of drug-likeness (QED) is 0.799. The van der Waals surface area contributed by atoms with E-state index in [9.17, 15) is 9.90 Å². The Hall–Kier alpha value is -1.51. The van der Waals surface area contributed by atoms with Crippen LogP contribution in [0.4, 0.5) is 0 Å². The molecule has 0 bridgehead atoms. The van der Waals surface area contributed by atoms with Gasteiger partial charge in [-0.2, -0.15) is 0 Å². The van der Waals surface area contributed by atoms with E-state index in [0.29, 0.717) is 18.7 Å². The highest BCUT2D eigenvalue weighted by Crippen LogP contribution is 2.29. The molecule has 0 saturated carbocycles. The lowest BCUT2D eigenvalue weighted by Crippen LogP contribution is -2.42. The standard InChI is InChI=1S/C13H15IN4O2/c1-3-13(4-2,12(19)20)18-11(15-16-17-18)9-5-7-10(14)8-6-9/h5-8H,3-4H2,1-2H3,(H,19,20). The fraction of sp³-hybridized carbons (Fsp3) is 0.385. The molecule has 0 spiro atoms. The van der Waals surface area contributed by atoms with E-state index in [-0.39, 0.29) is 0 Å². The summed E-state index contributed by atoms with van der Waals surface area (Å²) >= 11 is 2.21. The lowest BCUT2D eigenvalue weighted by atomic mass is 9.93. The Labute approximate surface area is 130 Å². The molecule has 1 aromatic carbocycles. The first-order valence-electron chi connectivity index (χ1n) is 6.33. The van der Waals surface area contributed by atoms with Gasteiger partial charge >= 0.3 is 5.97 Å². The van der Waals surface area contributed by atoms with Gasteiger partial charge in [0.05, 0.1) is 0 Å². The molecule has 1 N–H and O–H groups in total. The monoisotopic (exact) mass is 386 g/mol. The number of aromatic nitrogens is 4. The topological polar surface area (TPSA) is 80.9 Å². The molecule has 0 radical (unpaired) electrons. The van der Waals surface area contributed by atoms with Crippen molar-refractivity contribution in [1.29, 1.82) is 0 Å². The molecular formula is C13H15IN4O2. The second-order valence-electron chi connectivity index (χ2n) is 4.47. The molecule has 1 aromatic heterocycles. The zero-order chi connectivity index (χ0) is 14.8. The van der Waals surface area contributed by atoms with Crippen LogP contribution in [0.5, 0.6) is 0 Å². The van der Waals surface area contributed by atoms with E-state index < -0.39 is 11.5 Å². The Morgan fingerprint density at radius 3 is 2.40 bits per heavy atom. The van der Waals surface area contributed by atoms with Crippen LogP contribution in [0, 0.1) is 3.57 Å². The van der Waals surface area contributed by atoms with E-state index in [1.165, 1.54) is 4.68 Å². The van der Waals surface area contributed by atoms with Crippen LogP contribution in [-0.4, -0.2) is 31.3 Å². The van der Waals surface area contributed by atoms with Gasteiger partial charge in [-0.1, -0.05) is 26.0 Å². The molecular weight excluding hydrogens is 371 g/mol. The zero-order valence-electron chi connectivity index (χ0n) is 11.2. The van der Waals surface area contributed by atoms with Gasteiger partial charge < -0.3 is 5.11 Å². The third-order valence-corrected chi connectivity index (χ3v) is 4.26. The largest absolute Gasteiger partial charge is 0.479 e. The number of hydrogen-bond acceptors (Lipinski definition) is 4. The van der Waals surface area contributed by atoms with Crippen LogP contribution in [0.1, 0.15) is 26.7 Å². The molecule has 0 aliphatic heterocycles. The van der Waals surface area contributed by atoms with Crippen molar-refractivity contribution in [3.8, 4) is 11.4 Å². The first kappa shape index (κ1) is 14.9. The predicted molar refractivity (Wildman–Crippen MR) is 82.2 cm³/mol. The molecule has 0 fully saturated rings. The number of carboxylic acids is 1. The SMILES string of the molecule is CCC(CC)(C(=O)O)n1nnnc1-c1ccc(I)cc1. The highest BCUT2D eigenvalue weighted by atomic mass is 127. The summed E-state index contributed by atoms with van der Waals surface area (Å²) in [5.41, 5.74) is -0.301. The van der Waals surface area contributed by atoms with Crippen molar-refractivity contribution >= 4 is 28.6 Å². The molecule has 106 valence electrons. The van der Waals surface area contributed by atoms with Gasteiger partial charge in [-0.25, -0.2) is 9.48 Å². The lowest BCUT2D eigenvalue weighted by molar-refractivity contribution is -0.148. The van der Waals surface area contributed by atoms with Crippen LogP contribution in [0.25, 0.3) is 11.4 Å². The predicted octanol–water partition coefficient (Wildman–Crippen LogP) is 2.54. The van der Waals surface area contributed by atoms with Crippen LogP contribution in [0.15, 0.2) is 24.3 Å². The van der Waals surface area contributed by atoms with Gasteiger partial charge in [0.2, 0.25) is 0 Å². The summed E-state index contributed by atoms with van der Waals surface area (Å²) < 4.78 is 2.53. The number of aliphatic carboxylic acids is 1.